The van der Waals surface area contributed by atoms with Gasteiger partial charge in [-0.25, -0.2) is 0 Å². The Bertz CT molecular complexity index is 2630. The Kier molecular flexibility index (Phi) is 9.08. The fraction of sp³-hybridized carbons (Fsp3) is 0.0909. The van der Waals surface area contributed by atoms with Gasteiger partial charge in [-0.2, -0.15) is 0 Å². The Balaban J connectivity index is 0.938. The maximum absolute atomic E-state index is 2.57. The lowest BCUT2D eigenvalue weighted by Crippen LogP contribution is -2.32. The van der Waals surface area contributed by atoms with E-state index in [4.69, 9.17) is 0 Å². The van der Waals surface area contributed by atoms with Gasteiger partial charge in [-0.3, -0.25) is 0 Å². The summed E-state index contributed by atoms with van der Waals surface area (Å²) < 4.78 is 0. The third kappa shape index (κ3) is 6.74. The molecule has 274 valence electrons. The fourth-order valence-corrected chi connectivity index (χ4v) is 8.77. The van der Waals surface area contributed by atoms with E-state index in [1.807, 2.05) is 0 Å². The molecule has 7 aromatic rings. The van der Waals surface area contributed by atoms with Gasteiger partial charge in [0.05, 0.1) is 6.04 Å². The second-order valence-corrected chi connectivity index (χ2v) is 15.3. The first-order valence-electron chi connectivity index (χ1n) is 20.1. The Morgan fingerprint density at radius 1 is 0.456 bits per heavy atom. The number of hydrogen-bond acceptors (Lipinski definition) is 2. The van der Waals surface area contributed by atoms with E-state index in [0.717, 1.165) is 29.9 Å². The zero-order valence-electron chi connectivity index (χ0n) is 32.2. The average molecular weight is 733 g/mol. The summed E-state index contributed by atoms with van der Waals surface area (Å²) in [6.07, 6.45) is 16.0. The number of anilines is 4. The molecule has 7 aromatic carbocycles. The molecule has 0 saturated carbocycles. The predicted octanol–water partition coefficient (Wildman–Crippen LogP) is 14.7. The van der Waals surface area contributed by atoms with Crippen LogP contribution in [0.1, 0.15) is 18.4 Å². The molecule has 2 nitrogen and oxygen atoms in total. The summed E-state index contributed by atoms with van der Waals surface area (Å²) in [6.45, 7) is 2.13. The third-order valence-electron chi connectivity index (χ3n) is 11.8. The average Bonchev–Trinajstić information content (AvgIpc) is 3.62. The molecule has 2 atom stereocenters. The fourth-order valence-electron chi connectivity index (χ4n) is 8.77. The zero-order valence-corrected chi connectivity index (χ0v) is 32.2. The van der Waals surface area contributed by atoms with Gasteiger partial charge in [0.25, 0.3) is 0 Å². The summed E-state index contributed by atoms with van der Waals surface area (Å²) in [4.78, 5) is 4.93. The first-order chi connectivity index (χ1) is 28.2. The first kappa shape index (κ1) is 34.6. The van der Waals surface area contributed by atoms with E-state index in [0.29, 0.717) is 12.0 Å². The highest BCUT2D eigenvalue weighted by Crippen LogP contribution is 2.45. The summed E-state index contributed by atoms with van der Waals surface area (Å²) in [5.41, 5.74) is 18.5. The minimum Gasteiger partial charge on any atom is -0.337 e. The number of hydrogen-bond donors (Lipinski definition) is 0. The molecule has 0 N–H and O–H groups in total. The highest BCUT2D eigenvalue weighted by Gasteiger charge is 2.38. The smallest absolute Gasteiger partial charge is 0.0626 e. The molecule has 0 radical (unpaired) electrons. The van der Waals surface area contributed by atoms with Gasteiger partial charge >= 0.3 is 0 Å². The second-order valence-electron chi connectivity index (χ2n) is 15.3. The van der Waals surface area contributed by atoms with E-state index < -0.39 is 0 Å². The topological polar surface area (TPSA) is 6.48 Å². The quantitative estimate of drug-likeness (QED) is 0.153. The summed E-state index contributed by atoms with van der Waals surface area (Å²) in [6, 6.07) is 64.6. The number of nitrogens with zero attached hydrogens (tertiary/aromatic N) is 2. The lowest BCUT2D eigenvalue weighted by Gasteiger charge is -2.31. The molecule has 1 heterocycles. The van der Waals surface area contributed by atoms with Crippen LogP contribution in [0.2, 0.25) is 0 Å². The molecule has 0 spiro atoms. The summed E-state index contributed by atoms with van der Waals surface area (Å²) in [7, 11) is 0. The van der Waals surface area contributed by atoms with Gasteiger partial charge in [-0.05, 0) is 118 Å². The Morgan fingerprint density at radius 3 is 1.39 bits per heavy atom. The predicted molar refractivity (Wildman–Crippen MR) is 241 cm³/mol. The van der Waals surface area contributed by atoms with Crippen molar-refractivity contribution in [2.75, 3.05) is 9.80 Å². The molecule has 0 amide bonds. The minimum absolute atomic E-state index is 0.347. The van der Waals surface area contributed by atoms with Crippen molar-refractivity contribution in [1.29, 1.82) is 0 Å². The van der Waals surface area contributed by atoms with Gasteiger partial charge in [0.15, 0.2) is 0 Å². The van der Waals surface area contributed by atoms with Gasteiger partial charge in [0.1, 0.15) is 0 Å². The van der Waals surface area contributed by atoms with Gasteiger partial charge < -0.3 is 9.80 Å². The van der Waals surface area contributed by atoms with Gasteiger partial charge in [0, 0.05) is 34.4 Å². The van der Waals surface area contributed by atoms with Crippen molar-refractivity contribution in [2.24, 2.45) is 5.92 Å². The van der Waals surface area contributed by atoms with E-state index in [1.165, 1.54) is 67.0 Å². The summed E-state index contributed by atoms with van der Waals surface area (Å²) in [5.74, 6) is 0.429. The van der Waals surface area contributed by atoms with Gasteiger partial charge in [-0.1, -0.05) is 169 Å². The molecule has 0 fully saturated rings. The van der Waals surface area contributed by atoms with Crippen LogP contribution in [0.3, 0.4) is 0 Å². The van der Waals surface area contributed by atoms with Crippen LogP contribution in [0.15, 0.2) is 224 Å². The Hall–Kier alpha value is -6.90. The van der Waals surface area contributed by atoms with Crippen LogP contribution in [0.5, 0.6) is 0 Å². The standard InChI is InChI=1S/C55H44N2/c1-39-15-17-41(18-16-39)42-19-21-43(22-20-42)45-25-33-49(34-26-45)56(48-31-23-44(24-32-48)40-9-3-2-4-10-40)50-35-27-46(28-36-50)47-29-37-51(38-30-47)57-54-13-7-5-11-52(54)53-12-6-8-14-55(53)57/h2-7,9-13,15-38,52,54H,8,14H2,1H3. The van der Waals surface area contributed by atoms with Crippen LogP contribution < -0.4 is 9.80 Å². The highest BCUT2D eigenvalue weighted by molar-refractivity contribution is 5.82. The van der Waals surface area contributed by atoms with Crippen LogP contribution in [0, 0.1) is 12.8 Å². The lowest BCUT2D eigenvalue weighted by atomic mass is 9.88. The SMILES string of the molecule is Cc1ccc(-c2ccc(-c3ccc(N(c4ccc(-c5ccccc5)cc4)c4ccc(-c5ccc(N6C7=C(C=CCC7)C7C=CC=CC76)cc5)cc4)cc3)cc2)cc1. The lowest BCUT2D eigenvalue weighted by molar-refractivity contribution is 0.681. The van der Waals surface area contributed by atoms with Crippen molar-refractivity contribution < 1.29 is 0 Å². The molecule has 2 aliphatic carbocycles. The molecule has 3 aliphatic rings. The molecule has 57 heavy (non-hydrogen) atoms. The van der Waals surface area contributed by atoms with Crippen LogP contribution >= 0.6 is 0 Å². The minimum atomic E-state index is 0.347. The molecule has 0 bridgehead atoms. The monoisotopic (exact) mass is 732 g/mol. The highest BCUT2D eigenvalue weighted by atomic mass is 15.2. The van der Waals surface area contributed by atoms with Crippen LogP contribution in [-0.4, -0.2) is 6.04 Å². The molecule has 1 aliphatic heterocycles. The number of fused-ring (bicyclic) bond motifs is 2. The van der Waals surface area contributed by atoms with Crippen molar-refractivity contribution in [2.45, 2.75) is 25.8 Å². The Labute approximate surface area is 336 Å². The van der Waals surface area contributed by atoms with Crippen molar-refractivity contribution in [3.05, 3.63) is 229 Å². The van der Waals surface area contributed by atoms with Crippen molar-refractivity contribution in [1.82, 2.24) is 0 Å². The van der Waals surface area contributed by atoms with Gasteiger partial charge in [-0.15, -0.1) is 0 Å². The molecular formula is C55H44N2. The number of aryl methyl sites for hydroxylation is 1. The zero-order chi connectivity index (χ0) is 38.1. The van der Waals surface area contributed by atoms with E-state index in [-0.39, 0.29) is 0 Å². The third-order valence-corrected chi connectivity index (χ3v) is 11.8. The first-order valence-corrected chi connectivity index (χ1v) is 20.1. The van der Waals surface area contributed by atoms with Crippen molar-refractivity contribution in [3.63, 3.8) is 0 Å². The number of allylic oxidation sites excluding steroid dienone is 5. The maximum Gasteiger partial charge on any atom is 0.0626 e. The molecule has 0 saturated heterocycles. The largest absolute Gasteiger partial charge is 0.337 e. The van der Waals surface area contributed by atoms with Crippen molar-refractivity contribution >= 4 is 22.7 Å². The maximum atomic E-state index is 2.57. The van der Waals surface area contributed by atoms with Gasteiger partial charge in [0.2, 0.25) is 0 Å². The van der Waals surface area contributed by atoms with Crippen molar-refractivity contribution in [3.8, 4) is 44.5 Å². The molecular weight excluding hydrogens is 689 g/mol. The van der Waals surface area contributed by atoms with E-state index in [9.17, 15) is 0 Å². The van der Waals surface area contributed by atoms with Crippen LogP contribution in [0.25, 0.3) is 44.5 Å². The summed E-state index contributed by atoms with van der Waals surface area (Å²) in [5, 5.41) is 0. The molecule has 0 aromatic heterocycles. The molecule has 2 unspecified atom stereocenters. The van der Waals surface area contributed by atoms with Crippen LogP contribution in [-0.2, 0) is 0 Å². The summed E-state index contributed by atoms with van der Waals surface area (Å²) >= 11 is 0. The van der Waals surface area contributed by atoms with E-state index >= 15 is 0 Å². The number of rotatable bonds is 8. The van der Waals surface area contributed by atoms with E-state index in [1.54, 1.807) is 0 Å². The van der Waals surface area contributed by atoms with E-state index in [2.05, 4.69) is 229 Å². The van der Waals surface area contributed by atoms with Crippen LogP contribution in [0.4, 0.5) is 22.7 Å². The second kappa shape index (κ2) is 15.0. The molecule has 2 heteroatoms. The normalized spacial score (nSPS) is 16.8. The molecule has 10 rings (SSSR count). The number of benzene rings is 7. The Morgan fingerprint density at radius 2 is 0.877 bits per heavy atom.